The number of nitrogens with one attached hydrogen (secondary N) is 1. The molecule has 3 N–H and O–H groups in total. The Hall–Kier alpha value is -2.60. The Bertz CT molecular complexity index is 737. The average molecular weight is 337 g/mol. The minimum Gasteiger partial charge on any atom is -0.452 e. The summed E-state index contributed by atoms with van der Waals surface area (Å²) in [6.07, 6.45) is 0. The van der Waals surface area contributed by atoms with Crippen molar-refractivity contribution in [2.24, 2.45) is 0 Å². The van der Waals surface area contributed by atoms with Crippen molar-refractivity contribution in [3.8, 4) is 0 Å². The lowest BCUT2D eigenvalue weighted by atomic mass is 10.2. The third-order valence-electron chi connectivity index (χ3n) is 3.00. The van der Waals surface area contributed by atoms with Crippen LogP contribution in [0.5, 0.6) is 0 Å². The number of esters is 1. The molecule has 23 heavy (non-hydrogen) atoms. The molecular formula is C16H14ClFN2O3. The van der Waals surface area contributed by atoms with Gasteiger partial charge in [-0.2, -0.15) is 0 Å². The minimum atomic E-state index is -0.758. The van der Waals surface area contributed by atoms with Gasteiger partial charge in [-0.1, -0.05) is 29.8 Å². The molecule has 5 nitrogen and oxygen atoms in total. The Labute approximate surface area is 137 Å². The number of hydrogen-bond acceptors (Lipinski definition) is 4. The first-order valence-electron chi connectivity index (χ1n) is 6.69. The molecule has 0 aliphatic rings. The molecule has 0 heterocycles. The number of hydrogen-bond donors (Lipinski definition) is 2. The van der Waals surface area contributed by atoms with Gasteiger partial charge in [-0.3, -0.25) is 4.79 Å². The number of amides is 1. The Morgan fingerprint density at radius 1 is 1.22 bits per heavy atom. The maximum Gasteiger partial charge on any atom is 0.340 e. The van der Waals surface area contributed by atoms with Crippen LogP contribution in [0, 0.1) is 5.82 Å². The van der Waals surface area contributed by atoms with E-state index in [1.54, 1.807) is 18.2 Å². The maximum absolute atomic E-state index is 13.4. The summed E-state index contributed by atoms with van der Waals surface area (Å²) >= 11 is 5.78. The van der Waals surface area contributed by atoms with Gasteiger partial charge in [0, 0.05) is 22.8 Å². The van der Waals surface area contributed by atoms with Crippen molar-refractivity contribution in [2.75, 3.05) is 12.3 Å². The van der Waals surface area contributed by atoms with Gasteiger partial charge in [0.15, 0.2) is 6.61 Å². The van der Waals surface area contributed by atoms with Crippen LogP contribution in [0.15, 0.2) is 42.5 Å². The third kappa shape index (κ3) is 4.69. The van der Waals surface area contributed by atoms with Gasteiger partial charge in [0.2, 0.25) is 0 Å². The fourth-order valence-electron chi connectivity index (χ4n) is 1.80. The van der Waals surface area contributed by atoms with E-state index in [1.807, 2.05) is 0 Å². The zero-order valence-electron chi connectivity index (χ0n) is 12.0. The van der Waals surface area contributed by atoms with Gasteiger partial charge in [0.1, 0.15) is 5.82 Å². The molecule has 2 aromatic rings. The Morgan fingerprint density at radius 3 is 2.70 bits per heavy atom. The van der Waals surface area contributed by atoms with Crippen molar-refractivity contribution in [2.45, 2.75) is 6.54 Å². The van der Waals surface area contributed by atoms with Crippen LogP contribution >= 0.6 is 11.6 Å². The van der Waals surface area contributed by atoms with E-state index in [0.29, 0.717) is 10.6 Å². The number of carbonyl (C=O) groups excluding carboxylic acids is 2. The number of anilines is 1. The molecule has 0 saturated heterocycles. The van der Waals surface area contributed by atoms with E-state index in [9.17, 15) is 14.0 Å². The van der Waals surface area contributed by atoms with E-state index in [4.69, 9.17) is 22.1 Å². The van der Waals surface area contributed by atoms with Crippen LogP contribution in [0.25, 0.3) is 0 Å². The highest BCUT2D eigenvalue weighted by molar-refractivity contribution is 6.31. The Morgan fingerprint density at radius 2 is 1.96 bits per heavy atom. The molecule has 0 unspecified atom stereocenters. The van der Waals surface area contributed by atoms with Crippen LogP contribution in [0.4, 0.5) is 10.1 Å². The SMILES string of the molecule is Nc1ccc(Cl)cc1C(=O)OCC(=O)NCc1ccccc1F. The lowest BCUT2D eigenvalue weighted by Crippen LogP contribution is -2.28. The maximum atomic E-state index is 13.4. The van der Waals surface area contributed by atoms with Crippen LogP contribution in [0.3, 0.4) is 0 Å². The summed E-state index contributed by atoms with van der Waals surface area (Å²) in [6.45, 7) is -0.498. The topological polar surface area (TPSA) is 81.4 Å². The van der Waals surface area contributed by atoms with Crippen molar-refractivity contribution in [3.05, 3.63) is 64.4 Å². The summed E-state index contributed by atoms with van der Waals surface area (Å²) in [4.78, 5) is 23.5. The molecule has 0 fully saturated rings. The quantitative estimate of drug-likeness (QED) is 0.649. The smallest absolute Gasteiger partial charge is 0.340 e. The number of ether oxygens (including phenoxy) is 1. The second-order valence-electron chi connectivity index (χ2n) is 4.68. The number of nitrogens with two attached hydrogens (primary N) is 1. The van der Waals surface area contributed by atoms with Crippen molar-refractivity contribution < 1.29 is 18.7 Å². The molecule has 0 aromatic heterocycles. The number of rotatable bonds is 5. The molecule has 0 aliphatic heterocycles. The molecule has 1 amide bonds. The van der Waals surface area contributed by atoms with Gasteiger partial charge in [-0.25, -0.2) is 9.18 Å². The first kappa shape index (κ1) is 16.8. The first-order valence-corrected chi connectivity index (χ1v) is 7.07. The fraction of sp³-hybridized carbons (Fsp3) is 0.125. The van der Waals surface area contributed by atoms with E-state index in [2.05, 4.69) is 5.32 Å². The summed E-state index contributed by atoms with van der Waals surface area (Å²) < 4.78 is 18.3. The van der Waals surface area contributed by atoms with Crippen LogP contribution in [-0.2, 0) is 16.1 Å². The van der Waals surface area contributed by atoms with E-state index < -0.39 is 24.3 Å². The van der Waals surface area contributed by atoms with Gasteiger partial charge in [0.25, 0.3) is 5.91 Å². The molecule has 7 heteroatoms. The fourth-order valence-corrected chi connectivity index (χ4v) is 1.97. The predicted octanol–water partition coefficient (Wildman–Crippen LogP) is 2.53. The molecule has 0 radical (unpaired) electrons. The summed E-state index contributed by atoms with van der Waals surface area (Å²) in [5.41, 5.74) is 6.27. The van der Waals surface area contributed by atoms with E-state index in [0.717, 1.165) is 0 Å². The van der Waals surface area contributed by atoms with E-state index in [1.165, 1.54) is 24.3 Å². The number of carbonyl (C=O) groups is 2. The number of nitrogen functional groups attached to an aromatic ring is 1. The predicted molar refractivity (Wildman–Crippen MR) is 84.4 cm³/mol. The van der Waals surface area contributed by atoms with Crippen molar-refractivity contribution >= 4 is 29.2 Å². The Balaban J connectivity index is 1.86. The zero-order chi connectivity index (χ0) is 16.8. The lowest BCUT2D eigenvalue weighted by Gasteiger charge is -2.08. The minimum absolute atomic E-state index is 0.00234. The summed E-state index contributed by atoms with van der Waals surface area (Å²) in [7, 11) is 0. The van der Waals surface area contributed by atoms with Crippen molar-refractivity contribution in [1.82, 2.24) is 5.32 Å². The molecular weight excluding hydrogens is 323 g/mol. The second kappa shape index (κ2) is 7.60. The van der Waals surface area contributed by atoms with Gasteiger partial charge in [-0.15, -0.1) is 0 Å². The first-order chi connectivity index (χ1) is 11.0. The number of benzene rings is 2. The Kier molecular flexibility index (Phi) is 5.54. The molecule has 0 bridgehead atoms. The normalized spacial score (nSPS) is 10.2. The summed E-state index contributed by atoms with van der Waals surface area (Å²) in [5, 5.41) is 2.79. The molecule has 0 saturated carbocycles. The average Bonchev–Trinajstić information content (AvgIpc) is 2.54. The standard InChI is InChI=1S/C16H14ClFN2O3/c17-11-5-6-14(19)12(7-11)16(22)23-9-15(21)20-8-10-3-1-2-4-13(10)18/h1-7H,8-9,19H2,(H,20,21). The lowest BCUT2D eigenvalue weighted by molar-refractivity contribution is -0.124. The van der Waals surface area contributed by atoms with Crippen LogP contribution in [-0.4, -0.2) is 18.5 Å². The highest BCUT2D eigenvalue weighted by Gasteiger charge is 2.14. The summed E-state index contributed by atoms with van der Waals surface area (Å²) in [5.74, 6) is -1.73. The van der Waals surface area contributed by atoms with Gasteiger partial charge >= 0.3 is 5.97 Å². The molecule has 0 aliphatic carbocycles. The van der Waals surface area contributed by atoms with Crippen molar-refractivity contribution in [3.63, 3.8) is 0 Å². The molecule has 2 aromatic carbocycles. The zero-order valence-corrected chi connectivity index (χ0v) is 12.8. The summed E-state index contributed by atoms with van der Waals surface area (Å²) in [6, 6.07) is 10.4. The molecule has 2 rings (SSSR count). The van der Waals surface area contributed by atoms with E-state index >= 15 is 0 Å². The third-order valence-corrected chi connectivity index (χ3v) is 3.24. The molecule has 0 atom stereocenters. The van der Waals surface area contributed by atoms with Crippen molar-refractivity contribution in [1.29, 1.82) is 0 Å². The molecule has 120 valence electrons. The largest absolute Gasteiger partial charge is 0.452 e. The van der Waals surface area contributed by atoms with Gasteiger partial charge < -0.3 is 15.8 Å². The monoisotopic (exact) mass is 336 g/mol. The second-order valence-corrected chi connectivity index (χ2v) is 5.11. The highest BCUT2D eigenvalue weighted by atomic mass is 35.5. The van der Waals surface area contributed by atoms with Crippen LogP contribution in [0.2, 0.25) is 5.02 Å². The van der Waals surface area contributed by atoms with Gasteiger partial charge in [0.05, 0.1) is 5.56 Å². The highest BCUT2D eigenvalue weighted by Crippen LogP contribution is 2.18. The van der Waals surface area contributed by atoms with Crippen LogP contribution < -0.4 is 11.1 Å². The van der Waals surface area contributed by atoms with Crippen LogP contribution in [0.1, 0.15) is 15.9 Å². The number of halogens is 2. The molecule has 0 spiro atoms. The van der Waals surface area contributed by atoms with Gasteiger partial charge in [-0.05, 0) is 24.3 Å². The van der Waals surface area contributed by atoms with E-state index in [-0.39, 0.29) is 17.8 Å².